The van der Waals surface area contributed by atoms with E-state index in [2.05, 4.69) is 72.1 Å². The Morgan fingerprint density at radius 2 is 1.71 bits per heavy atom. The maximum absolute atomic E-state index is 3.68. The molecule has 0 atom stereocenters. The van der Waals surface area contributed by atoms with E-state index in [4.69, 9.17) is 0 Å². The molecule has 1 nitrogen and oxygen atoms in total. The van der Waals surface area contributed by atoms with Crippen molar-refractivity contribution in [2.24, 2.45) is 5.41 Å². The molecule has 0 bridgehead atoms. The molecule has 0 spiro atoms. The molecule has 0 aliphatic heterocycles. The molecular formula is C15H24BrN. The largest absolute Gasteiger partial charge is 0.302 e. The number of rotatable bonds is 7. The lowest BCUT2D eigenvalue weighted by Crippen LogP contribution is -2.35. The zero-order valence-electron chi connectivity index (χ0n) is 11.2. The Labute approximate surface area is 114 Å². The summed E-state index contributed by atoms with van der Waals surface area (Å²) in [7, 11) is 2.22. The summed E-state index contributed by atoms with van der Waals surface area (Å²) < 4.78 is 0. The molecule has 96 valence electrons. The van der Waals surface area contributed by atoms with Crippen LogP contribution < -0.4 is 0 Å². The van der Waals surface area contributed by atoms with Gasteiger partial charge in [-0.15, -0.1) is 0 Å². The van der Waals surface area contributed by atoms with Gasteiger partial charge in [-0.1, -0.05) is 60.1 Å². The molecular weight excluding hydrogens is 274 g/mol. The molecule has 0 saturated heterocycles. The van der Waals surface area contributed by atoms with Crippen LogP contribution in [0.5, 0.6) is 0 Å². The Morgan fingerprint density at radius 1 is 1.12 bits per heavy atom. The topological polar surface area (TPSA) is 3.24 Å². The van der Waals surface area contributed by atoms with Gasteiger partial charge in [0, 0.05) is 18.4 Å². The third-order valence-corrected chi connectivity index (χ3v) is 4.87. The minimum Gasteiger partial charge on any atom is -0.302 e. The van der Waals surface area contributed by atoms with Gasteiger partial charge < -0.3 is 4.90 Å². The summed E-state index contributed by atoms with van der Waals surface area (Å²) >= 11 is 3.68. The second-order valence-corrected chi connectivity index (χ2v) is 5.56. The van der Waals surface area contributed by atoms with Crippen molar-refractivity contribution in [3.63, 3.8) is 0 Å². The van der Waals surface area contributed by atoms with Gasteiger partial charge >= 0.3 is 0 Å². The lowest BCUT2D eigenvalue weighted by Gasteiger charge is -2.34. The Kier molecular flexibility index (Phi) is 6.21. The molecule has 0 aromatic heterocycles. The van der Waals surface area contributed by atoms with E-state index in [1.54, 1.807) is 0 Å². The highest BCUT2D eigenvalue weighted by atomic mass is 79.9. The van der Waals surface area contributed by atoms with E-state index >= 15 is 0 Å². The molecule has 2 heteroatoms. The molecule has 17 heavy (non-hydrogen) atoms. The summed E-state index contributed by atoms with van der Waals surface area (Å²) in [6, 6.07) is 10.7. The number of hydrogen-bond acceptors (Lipinski definition) is 1. The molecule has 0 aliphatic carbocycles. The summed E-state index contributed by atoms with van der Waals surface area (Å²) in [4.78, 5) is 2.43. The Morgan fingerprint density at radius 3 is 2.18 bits per heavy atom. The first kappa shape index (κ1) is 14.7. The van der Waals surface area contributed by atoms with Gasteiger partial charge in [0.05, 0.1) is 0 Å². The van der Waals surface area contributed by atoms with Crippen LogP contribution in [-0.2, 0) is 6.54 Å². The molecule has 0 saturated carbocycles. The van der Waals surface area contributed by atoms with Gasteiger partial charge in [0.15, 0.2) is 0 Å². The monoisotopic (exact) mass is 297 g/mol. The summed E-state index contributed by atoms with van der Waals surface area (Å²) in [6.45, 7) is 6.78. The van der Waals surface area contributed by atoms with Crippen molar-refractivity contribution in [2.75, 3.05) is 18.9 Å². The third kappa shape index (κ3) is 4.44. The van der Waals surface area contributed by atoms with E-state index in [0.29, 0.717) is 5.41 Å². The number of benzene rings is 1. The minimum absolute atomic E-state index is 0.420. The average molecular weight is 298 g/mol. The standard InChI is InChI=1S/C15H24BrN/c1-4-15(5-2,12-16)13-17(3)11-14-9-7-6-8-10-14/h6-10H,4-5,11-13H2,1-3H3. The van der Waals surface area contributed by atoms with E-state index in [1.165, 1.54) is 18.4 Å². The molecule has 0 aliphatic rings. The normalized spacial score (nSPS) is 12.1. The fourth-order valence-corrected chi connectivity index (χ4v) is 3.20. The Hall–Kier alpha value is -0.340. The SMILES string of the molecule is CCC(CC)(CBr)CN(C)Cc1ccccc1. The third-order valence-electron chi connectivity index (χ3n) is 3.68. The minimum atomic E-state index is 0.420. The van der Waals surface area contributed by atoms with Crippen molar-refractivity contribution in [1.29, 1.82) is 0 Å². The smallest absolute Gasteiger partial charge is 0.0230 e. The van der Waals surface area contributed by atoms with Crippen molar-refractivity contribution in [3.05, 3.63) is 35.9 Å². The summed E-state index contributed by atoms with van der Waals surface area (Å²) in [5, 5.41) is 1.09. The Balaban J connectivity index is 2.56. The summed E-state index contributed by atoms with van der Waals surface area (Å²) in [5.41, 5.74) is 1.81. The average Bonchev–Trinajstić information content (AvgIpc) is 2.37. The molecule has 1 aromatic carbocycles. The number of halogens is 1. The number of nitrogens with zero attached hydrogens (tertiary/aromatic N) is 1. The van der Waals surface area contributed by atoms with E-state index < -0.39 is 0 Å². The fourth-order valence-electron chi connectivity index (χ4n) is 2.23. The van der Waals surface area contributed by atoms with Crippen molar-refractivity contribution in [2.45, 2.75) is 33.2 Å². The quantitative estimate of drug-likeness (QED) is 0.678. The molecule has 0 heterocycles. The highest BCUT2D eigenvalue weighted by Gasteiger charge is 2.26. The van der Waals surface area contributed by atoms with Gasteiger partial charge in [-0.2, -0.15) is 0 Å². The lowest BCUT2D eigenvalue weighted by molar-refractivity contribution is 0.180. The lowest BCUT2D eigenvalue weighted by atomic mass is 9.84. The van der Waals surface area contributed by atoms with Crippen molar-refractivity contribution < 1.29 is 0 Å². The van der Waals surface area contributed by atoms with Gasteiger partial charge in [0.25, 0.3) is 0 Å². The van der Waals surface area contributed by atoms with Crippen LogP contribution in [0.3, 0.4) is 0 Å². The maximum atomic E-state index is 3.68. The predicted octanol–water partition coefficient (Wildman–Crippen LogP) is 4.32. The number of alkyl halides is 1. The fraction of sp³-hybridized carbons (Fsp3) is 0.600. The van der Waals surface area contributed by atoms with E-state index in [-0.39, 0.29) is 0 Å². The zero-order valence-corrected chi connectivity index (χ0v) is 12.8. The van der Waals surface area contributed by atoms with Gasteiger partial charge in [0.2, 0.25) is 0 Å². The van der Waals surface area contributed by atoms with Gasteiger partial charge in [-0.3, -0.25) is 0 Å². The number of hydrogen-bond donors (Lipinski definition) is 0. The summed E-state index contributed by atoms with van der Waals surface area (Å²) in [6.07, 6.45) is 2.46. The second-order valence-electron chi connectivity index (χ2n) is 5.00. The zero-order chi connectivity index (χ0) is 12.7. The first-order valence-electron chi connectivity index (χ1n) is 6.44. The van der Waals surface area contributed by atoms with Crippen molar-refractivity contribution in [1.82, 2.24) is 4.90 Å². The highest BCUT2D eigenvalue weighted by molar-refractivity contribution is 9.09. The molecule has 1 rings (SSSR count). The molecule has 0 fully saturated rings. The van der Waals surface area contributed by atoms with Crippen LogP contribution in [0.25, 0.3) is 0 Å². The van der Waals surface area contributed by atoms with Crippen LogP contribution in [0.2, 0.25) is 0 Å². The van der Waals surface area contributed by atoms with Crippen molar-refractivity contribution >= 4 is 15.9 Å². The van der Waals surface area contributed by atoms with Gasteiger partial charge in [-0.25, -0.2) is 0 Å². The van der Waals surface area contributed by atoms with Crippen LogP contribution >= 0.6 is 15.9 Å². The molecule has 0 amide bonds. The van der Waals surface area contributed by atoms with E-state index in [1.807, 2.05) is 0 Å². The van der Waals surface area contributed by atoms with Crippen LogP contribution in [0.15, 0.2) is 30.3 Å². The Bertz CT molecular complexity index is 298. The van der Waals surface area contributed by atoms with Crippen LogP contribution in [0.1, 0.15) is 32.3 Å². The highest BCUT2D eigenvalue weighted by Crippen LogP contribution is 2.29. The van der Waals surface area contributed by atoms with Gasteiger partial charge in [0.1, 0.15) is 0 Å². The van der Waals surface area contributed by atoms with Crippen LogP contribution in [0, 0.1) is 5.41 Å². The van der Waals surface area contributed by atoms with Crippen LogP contribution in [-0.4, -0.2) is 23.8 Å². The van der Waals surface area contributed by atoms with E-state index in [9.17, 15) is 0 Å². The molecule has 0 unspecified atom stereocenters. The molecule has 0 radical (unpaired) electrons. The first-order chi connectivity index (χ1) is 8.15. The van der Waals surface area contributed by atoms with Crippen molar-refractivity contribution in [3.8, 4) is 0 Å². The van der Waals surface area contributed by atoms with E-state index in [0.717, 1.165) is 18.4 Å². The maximum Gasteiger partial charge on any atom is 0.0230 e. The van der Waals surface area contributed by atoms with Crippen LogP contribution in [0.4, 0.5) is 0 Å². The van der Waals surface area contributed by atoms with Gasteiger partial charge in [-0.05, 0) is 30.9 Å². The second kappa shape index (κ2) is 7.17. The first-order valence-corrected chi connectivity index (χ1v) is 7.56. The molecule has 1 aromatic rings. The molecule has 0 N–H and O–H groups in total. The predicted molar refractivity (Wildman–Crippen MR) is 79.6 cm³/mol. The summed E-state index contributed by atoms with van der Waals surface area (Å²) in [5.74, 6) is 0.